The van der Waals surface area contributed by atoms with Gasteiger partial charge in [-0.25, -0.2) is 0 Å². The van der Waals surface area contributed by atoms with Gasteiger partial charge in [0.2, 0.25) is 11.8 Å². The number of nitrogens with one attached hydrogen (secondary N) is 1. The van der Waals surface area contributed by atoms with Crippen LogP contribution in [0.1, 0.15) is 30.3 Å². The first-order valence-corrected chi connectivity index (χ1v) is 10.8. The van der Waals surface area contributed by atoms with Crippen LogP contribution in [0.25, 0.3) is 0 Å². The summed E-state index contributed by atoms with van der Waals surface area (Å²) in [7, 11) is 0. The summed E-state index contributed by atoms with van der Waals surface area (Å²) in [5, 5.41) is 5.35. The Labute approximate surface area is 173 Å². The number of hydrogen-bond donors (Lipinski definition) is 1. The van der Waals surface area contributed by atoms with Crippen LogP contribution < -0.4 is 5.32 Å². The van der Waals surface area contributed by atoms with Gasteiger partial charge in [0.25, 0.3) is 0 Å². The van der Waals surface area contributed by atoms with E-state index in [9.17, 15) is 14.4 Å². The van der Waals surface area contributed by atoms with Crippen LogP contribution in [0, 0.1) is 11.8 Å². The molecule has 0 aliphatic carbocycles. The average Bonchev–Trinajstić information content (AvgIpc) is 3.41. The second-order valence-corrected chi connectivity index (χ2v) is 8.40. The zero-order valence-electron chi connectivity index (χ0n) is 16.5. The number of benzene rings is 1. The van der Waals surface area contributed by atoms with Crippen molar-refractivity contribution < 1.29 is 19.1 Å². The predicted molar refractivity (Wildman–Crippen MR) is 109 cm³/mol. The molecule has 2 aromatic rings. The molecule has 0 saturated carbocycles. The monoisotopic (exact) mass is 412 g/mol. The highest BCUT2D eigenvalue weighted by molar-refractivity contribution is 7.10. The van der Waals surface area contributed by atoms with Crippen molar-refractivity contribution in [2.75, 3.05) is 13.2 Å². The molecule has 1 N–H and O–H groups in total. The van der Waals surface area contributed by atoms with E-state index in [1.54, 1.807) is 13.8 Å². The number of amides is 2. The summed E-state index contributed by atoms with van der Waals surface area (Å²) in [6, 6.07) is 13.0. The van der Waals surface area contributed by atoms with Crippen LogP contribution >= 0.6 is 11.3 Å². The van der Waals surface area contributed by atoms with Crippen molar-refractivity contribution in [2.24, 2.45) is 11.8 Å². The van der Waals surface area contributed by atoms with E-state index in [1.165, 1.54) is 16.2 Å². The van der Waals surface area contributed by atoms with Gasteiger partial charge in [-0.15, -0.1) is 11.3 Å². The van der Waals surface area contributed by atoms with E-state index in [1.807, 2.05) is 47.8 Å². The number of fused-ring (bicyclic) bond motifs is 1. The number of thiophene rings is 1. The number of rotatable bonds is 6. The standard InChI is InChI=1S/C22H24N2O4S/c1-3-24-19(25)16-17(20(24)26)22(21(27)28-4-2,13-14-9-6-5-7-10-14)23-18(16)15-11-8-12-29-15/h5-12,16-18,23H,3-4,13H2,1-2H3/t16-,17-,18-,22+/m0/s1. The fourth-order valence-electron chi connectivity index (χ4n) is 4.69. The van der Waals surface area contributed by atoms with Gasteiger partial charge in [0.15, 0.2) is 0 Å². The van der Waals surface area contributed by atoms with Crippen LogP contribution in [0.3, 0.4) is 0 Å². The van der Waals surface area contributed by atoms with Crippen molar-refractivity contribution in [3.8, 4) is 0 Å². The molecule has 1 aromatic heterocycles. The summed E-state index contributed by atoms with van der Waals surface area (Å²) in [5.41, 5.74) is -0.373. The number of carbonyl (C=O) groups excluding carboxylic acids is 3. The Morgan fingerprint density at radius 2 is 1.90 bits per heavy atom. The van der Waals surface area contributed by atoms with Gasteiger partial charge in [0.05, 0.1) is 24.5 Å². The first-order chi connectivity index (χ1) is 14.0. The molecule has 2 aliphatic heterocycles. The zero-order chi connectivity index (χ0) is 20.6. The highest BCUT2D eigenvalue weighted by Gasteiger charge is 2.68. The second kappa shape index (κ2) is 7.72. The lowest BCUT2D eigenvalue weighted by Crippen LogP contribution is -2.58. The fraction of sp³-hybridized carbons (Fsp3) is 0.409. The molecular weight excluding hydrogens is 388 g/mol. The minimum atomic E-state index is -1.28. The molecule has 4 atom stereocenters. The molecule has 7 heteroatoms. The number of likely N-dealkylation sites (tertiary alicyclic amines) is 1. The normalized spacial score (nSPS) is 28.6. The molecule has 3 heterocycles. The molecule has 2 amide bonds. The van der Waals surface area contributed by atoms with E-state index in [4.69, 9.17) is 4.74 Å². The molecule has 0 bridgehead atoms. The van der Waals surface area contributed by atoms with Crippen LogP contribution in [0.15, 0.2) is 47.8 Å². The molecule has 2 saturated heterocycles. The van der Waals surface area contributed by atoms with Gasteiger partial charge in [-0.05, 0) is 30.9 Å². The van der Waals surface area contributed by atoms with E-state index < -0.39 is 29.4 Å². The maximum atomic E-state index is 13.3. The summed E-state index contributed by atoms with van der Waals surface area (Å²) in [5.74, 6) is -2.39. The Bertz CT molecular complexity index is 914. The predicted octanol–water partition coefficient (Wildman–Crippen LogP) is 2.56. The molecule has 2 aliphatic rings. The van der Waals surface area contributed by atoms with Crippen LogP contribution in [-0.2, 0) is 25.5 Å². The first-order valence-electron chi connectivity index (χ1n) is 9.91. The van der Waals surface area contributed by atoms with E-state index >= 15 is 0 Å². The van der Waals surface area contributed by atoms with Crippen molar-refractivity contribution in [1.29, 1.82) is 0 Å². The summed E-state index contributed by atoms with van der Waals surface area (Å²) in [4.78, 5) is 42.0. The van der Waals surface area contributed by atoms with E-state index in [-0.39, 0.29) is 24.8 Å². The van der Waals surface area contributed by atoms with Crippen molar-refractivity contribution in [3.05, 3.63) is 58.3 Å². The SMILES string of the molecule is CCOC(=O)[C@]1(Cc2ccccc2)N[C@@H](c2cccs2)[C@H]2C(=O)N(CC)C(=O)[C@H]21. The topological polar surface area (TPSA) is 75.7 Å². The lowest BCUT2D eigenvalue weighted by Gasteiger charge is -2.32. The molecule has 1 aromatic carbocycles. The molecule has 0 spiro atoms. The Kier molecular flexibility index (Phi) is 5.27. The molecule has 0 unspecified atom stereocenters. The maximum Gasteiger partial charge on any atom is 0.327 e. The molecule has 2 fully saturated rings. The van der Waals surface area contributed by atoms with E-state index in [0.717, 1.165) is 10.4 Å². The van der Waals surface area contributed by atoms with E-state index in [0.29, 0.717) is 6.54 Å². The highest BCUT2D eigenvalue weighted by Crippen LogP contribution is 2.51. The van der Waals surface area contributed by atoms with Gasteiger partial charge >= 0.3 is 5.97 Å². The minimum Gasteiger partial charge on any atom is -0.465 e. The number of carbonyl (C=O) groups is 3. The van der Waals surface area contributed by atoms with Crippen LogP contribution in [0.2, 0.25) is 0 Å². The Hall–Kier alpha value is -2.51. The number of imide groups is 1. The molecule has 4 rings (SSSR count). The van der Waals surface area contributed by atoms with Gasteiger partial charge in [-0.2, -0.15) is 0 Å². The quantitative estimate of drug-likeness (QED) is 0.583. The highest BCUT2D eigenvalue weighted by atomic mass is 32.1. The van der Waals surface area contributed by atoms with Crippen molar-refractivity contribution in [2.45, 2.75) is 31.8 Å². The number of esters is 1. The summed E-state index contributed by atoms with van der Waals surface area (Å²) in [6.07, 6.45) is 0.284. The van der Waals surface area contributed by atoms with Crippen LogP contribution in [-0.4, -0.2) is 41.4 Å². The van der Waals surface area contributed by atoms with Gasteiger partial charge in [0, 0.05) is 17.8 Å². The molecule has 29 heavy (non-hydrogen) atoms. The minimum absolute atomic E-state index is 0.206. The van der Waals surface area contributed by atoms with Crippen LogP contribution in [0.5, 0.6) is 0 Å². The maximum absolute atomic E-state index is 13.3. The van der Waals surface area contributed by atoms with Crippen molar-refractivity contribution >= 4 is 29.1 Å². The third kappa shape index (κ3) is 3.09. The van der Waals surface area contributed by atoms with Gasteiger partial charge in [0.1, 0.15) is 5.54 Å². The van der Waals surface area contributed by atoms with Crippen molar-refractivity contribution in [1.82, 2.24) is 10.2 Å². The Morgan fingerprint density at radius 1 is 1.14 bits per heavy atom. The van der Waals surface area contributed by atoms with Gasteiger partial charge in [-0.3, -0.25) is 24.6 Å². The van der Waals surface area contributed by atoms with Crippen LogP contribution in [0.4, 0.5) is 0 Å². The van der Waals surface area contributed by atoms with Crippen molar-refractivity contribution in [3.63, 3.8) is 0 Å². The Morgan fingerprint density at radius 3 is 2.52 bits per heavy atom. The Balaban J connectivity index is 1.85. The number of hydrogen-bond acceptors (Lipinski definition) is 6. The lowest BCUT2D eigenvalue weighted by atomic mass is 9.76. The average molecular weight is 413 g/mol. The first kappa shape index (κ1) is 19.8. The smallest absolute Gasteiger partial charge is 0.327 e. The summed E-state index contributed by atoms with van der Waals surface area (Å²) in [6.45, 7) is 4.04. The third-order valence-electron chi connectivity index (χ3n) is 5.88. The summed E-state index contributed by atoms with van der Waals surface area (Å²) < 4.78 is 5.45. The second-order valence-electron chi connectivity index (χ2n) is 7.42. The fourth-order valence-corrected chi connectivity index (χ4v) is 5.51. The molecule has 6 nitrogen and oxygen atoms in total. The van der Waals surface area contributed by atoms with Gasteiger partial charge < -0.3 is 4.74 Å². The number of nitrogens with zero attached hydrogens (tertiary/aromatic N) is 1. The molecular formula is C22H24N2O4S. The van der Waals surface area contributed by atoms with Gasteiger partial charge in [-0.1, -0.05) is 36.4 Å². The molecule has 152 valence electrons. The number of ether oxygens (including phenoxy) is 1. The third-order valence-corrected chi connectivity index (χ3v) is 6.83. The molecule has 0 radical (unpaired) electrons. The lowest BCUT2D eigenvalue weighted by molar-refractivity contribution is -0.156. The zero-order valence-corrected chi connectivity index (χ0v) is 17.3. The van der Waals surface area contributed by atoms with E-state index in [2.05, 4.69) is 5.32 Å². The summed E-state index contributed by atoms with van der Waals surface area (Å²) >= 11 is 1.52. The largest absolute Gasteiger partial charge is 0.465 e.